The number of benzene rings is 2. The van der Waals surface area contributed by atoms with Gasteiger partial charge in [-0.15, -0.1) is 0 Å². The number of carbonyl (C=O) groups is 3. The molecule has 142 valence electrons. The molecule has 0 heterocycles. The predicted octanol–water partition coefficient (Wildman–Crippen LogP) is 2.75. The molecule has 0 aliphatic rings. The third-order valence-corrected chi connectivity index (χ3v) is 4.01. The van der Waals surface area contributed by atoms with Crippen molar-refractivity contribution in [2.24, 2.45) is 0 Å². The molecule has 0 fully saturated rings. The summed E-state index contributed by atoms with van der Waals surface area (Å²) in [6.07, 6.45) is 0. The summed E-state index contributed by atoms with van der Waals surface area (Å²) < 4.78 is 19.1. The van der Waals surface area contributed by atoms with Crippen LogP contribution in [0.5, 0.6) is 5.75 Å². The number of hydrogen-bond acceptors (Lipinski definition) is 4. The zero-order valence-electron chi connectivity index (χ0n) is 14.4. The summed E-state index contributed by atoms with van der Waals surface area (Å²) in [4.78, 5) is 36.6. The van der Waals surface area contributed by atoms with Crippen LogP contribution in [0.2, 0.25) is 5.02 Å². The summed E-state index contributed by atoms with van der Waals surface area (Å²) in [6.45, 7) is 1.17. The van der Waals surface area contributed by atoms with Crippen molar-refractivity contribution in [2.75, 3.05) is 7.11 Å². The highest BCUT2D eigenvalue weighted by Crippen LogP contribution is 2.21. The second-order valence-corrected chi connectivity index (χ2v) is 5.87. The Bertz CT molecular complexity index is 870. The number of ether oxygens (including phenoxy) is 1. The van der Waals surface area contributed by atoms with E-state index in [-0.39, 0.29) is 10.6 Å². The molecule has 0 bridgehead atoms. The number of carboxylic acids is 1. The van der Waals surface area contributed by atoms with Gasteiger partial charge in [0.1, 0.15) is 17.6 Å². The van der Waals surface area contributed by atoms with Crippen LogP contribution in [0.3, 0.4) is 0 Å². The Labute approximate surface area is 159 Å². The number of carboxylic acid groups (broad SMARTS) is 1. The number of carbonyl (C=O) groups excluding carboxylic acids is 2. The van der Waals surface area contributed by atoms with Crippen LogP contribution in [-0.4, -0.2) is 41.1 Å². The second kappa shape index (κ2) is 8.50. The molecule has 7 nitrogen and oxygen atoms in total. The number of hydrogen-bond donors (Lipinski definition) is 2. The minimum absolute atomic E-state index is 0.115. The molecule has 1 atom stereocenters. The molecule has 0 aliphatic heterocycles. The fraction of sp³-hybridized carbons (Fsp3) is 0.167. The van der Waals surface area contributed by atoms with Crippen molar-refractivity contribution in [3.63, 3.8) is 0 Å². The molecule has 2 aromatic rings. The van der Waals surface area contributed by atoms with Gasteiger partial charge in [0.05, 0.1) is 17.7 Å². The van der Waals surface area contributed by atoms with Crippen molar-refractivity contribution in [1.29, 1.82) is 0 Å². The molecule has 0 unspecified atom stereocenters. The van der Waals surface area contributed by atoms with Crippen LogP contribution < -0.4 is 10.2 Å². The first-order chi connectivity index (χ1) is 12.8. The lowest BCUT2D eigenvalue weighted by atomic mass is 10.1. The van der Waals surface area contributed by atoms with E-state index in [9.17, 15) is 23.9 Å². The number of hydrazine groups is 1. The summed E-state index contributed by atoms with van der Waals surface area (Å²) in [7, 11) is 1.42. The minimum atomic E-state index is -1.48. The van der Waals surface area contributed by atoms with Crippen molar-refractivity contribution in [1.82, 2.24) is 10.4 Å². The average molecular weight is 395 g/mol. The second-order valence-electron chi connectivity index (χ2n) is 5.46. The summed E-state index contributed by atoms with van der Waals surface area (Å²) >= 11 is 5.88. The Morgan fingerprint density at radius 2 is 1.89 bits per heavy atom. The van der Waals surface area contributed by atoms with Gasteiger partial charge >= 0.3 is 5.97 Å². The largest absolute Gasteiger partial charge is 0.497 e. The van der Waals surface area contributed by atoms with Gasteiger partial charge in [-0.1, -0.05) is 23.7 Å². The van der Waals surface area contributed by atoms with Crippen molar-refractivity contribution in [3.8, 4) is 5.75 Å². The standard InChI is InChI=1S/C18H16ClFN2O5/c1-10(18(25)26)22(17(24)15-13(19)7-4-8-14(15)20)21-16(23)11-5-3-6-12(9-11)27-2/h3-10H,1-2H3,(H,21,23)(H,25,26)/t10-/m0/s1. The highest BCUT2D eigenvalue weighted by Gasteiger charge is 2.31. The topological polar surface area (TPSA) is 95.9 Å². The maximum Gasteiger partial charge on any atom is 0.328 e. The van der Waals surface area contributed by atoms with Gasteiger partial charge < -0.3 is 9.84 Å². The number of amides is 2. The van der Waals surface area contributed by atoms with Gasteiger partial charge in [0.15, 0.2) is 0 Å². The summed E-state index contributed by atoms with van der Waals surface area (Å²) in [5, 5.41) is 9.57. The Morgan fingerprint density at radius 1 is 1.22 bits per heavy atom. The third kappa shape index (κ3) is 4.53. The molecular weight excluding hydrogens is 379 g/mol. The van der Waals surface area contributed by atoms with Crippen LogP contribution in [0.1, 0.15) is 27.6 Å². The Balaban J connectivity index is 2.39. The number of rotatable bonds is 5. The third-order valence-electron chi connectivity index (χ3n) is 3.69. The van der Waals surface area contributed by atoms with Crippen LogP contribution in [-0.2, 0) is 4.79 Å². The van der Waals surface area contributed by atoms with Crippen LogP contribution in [0, 0.1) is 5.82 Å². The first-order valence-corrected chi connectivity index (χ1v) is 8.09. The van der Waals surface area contributed by atoms with Crippen LogP contribution in [0.15, 0.2) is 42.5 Å². The zero-order chi connectivity index (χ0) is 20.1. The molecule has 2 aromatic carbocycles. The Morgan fingerprint density at radius 3 is 2.48 bits per heavy atom. The number of halogens is 2. The molecule has 2 rings (SSSR count). The first kappa shape index (κ1) is 20.2. The molecule has 27 heavy (non-hydrogen) atoms. The summed E-state index contributed by atoms with van der Waals surface area (Å²) in [6, 6.07) is 8.11. The number of methoxy groups -OCH3 is 1. The number of aliphatic carboxylic acids is 1. The minimum Gasteiger partial charge on any atom is -0.497 e. The lowest BCUT2D eigenvalue weighted by molar-refractivity contribution is -0.142. The maximum absolute atomic E-state index is 14.1. The van der Waals surface area contributed by atoms with Crippen molar-refractivity contribution in [2.45, 2.75) is 13.0 Å². The molecule has 0 aromatic heterocycles. The summed E-state index contributed by atoms with van der Waals surface area (Å²) in [5.41, 5.74) is 1.77. The van der Waals surface area contributed by atoms with E-state index in [2.05, 4.69) is 5.43 Å². The van der Waals surface area contributed by atoms with Gasteiger partial charge in [0.2, 0.25) is 0 Å². The molecule has 2 amide bonds. The van der Waals surface area contributed by atoms with Crippen molar-refractivity contribution in [3.05, 3.63) is 64.4 Å². The van der Waals surface area contributed by atoms with Crippen LogP contribution >= 0.6 is 11.6 Å². The van der Waals surface area contributed by atoms with E-state index < -0.39 is 35.2 Å². The maximum atomic E-state index is 14.1. The number of nitrogens with zero attached hydrogens (tertiary/aromatic N) is 1. The normalized spacial score (nSPS) is 11.4. The molecule has 0 saturated carbocycles. The molecule has 0 aliphatic carbocycles. The van der Waals surface area contributed by atoms with E-state index in [1.54, 1.807) is 12.1 Å². The van der Waals surface area contributed by atoms with E-state index >= 15 is 0 Å². The SMILES string of the molecule is COc1cccc(C(=O)NN(C(=O)c2c(F)cccc2Cl)[C@@H](C)C(=O)O)c1. The van der Waals surface area contributed by atoms with E-state index in [1.807, 2.05) is 0 Å². The first-order valence-electron chi connectivity index (χ1n) is 7.71. The highest BCUT2D eigenvalue weighted by atomic mass is 35.5. The monoisotopic (exact) mass is 394 g/mol. The van der Waals surface area contributed by atoms with Gasteiger partial charge in [0.25, 0.3) is 11.8 Å². The van der Waals surface area contributed by atoms with Gasteiger partial charge in [-0.2, -0.15) is 0 Å². The number of nitrogens with one attached hydrogen (secondary N) is 1. The van der Waals surface area contributed by atoms with Crippen molar-refractivity contribution >= 4 is 29.4 Å². The predicted molar refractivity (Wildman–Crippen MR) is 95.1 cm³/mol. The Hall–Kier alpha value is -3.13. The van der Waals surface area contributed by atoms with Gasteiger partial charge in [-0.3, -0.25) is 15.0 Å². The molecule has 2 N–H and O–H groups in total. The molecule has 0 saturated heterocycles. The van der Waals surface area contributed by atoms with E-state index in [0.29, 0.717) is 10.8 Å². The van der Waals surface area contributed by atoms with E-state index in [1.165, 1.54) is 38.3 Å². The lowest BCUT2D eigenvalue weighted by Crippen LogP contribution is -2.54. The zero-order valence-corrected chi connectivity index (χ0v) is 15.2. The smallest absolute Gasteiger partial charge is 0.328 e. The van der Waals surface area contributed by atoms with Gasteiger partial charge in [0, 0.05) is 5.56 Å². The lowest BCUT2D eigenvalue weighted by Gasteiger charge is -2.27. The van der Waals surface area contributed by atoms with Gasteiger partial charge in [-0.25, -0.2) is 14.2 Å². The molecule has 0 radical (unpaired) electrons. The highest BCUT2D eigenvalue weighted by molar-refractivity contribution is 6.33. The quantitative estimate of drug-likeness (QED) is 0.760. The average Bonchev–Trinajstić information content (AvgIpc) is 2.65. The van der Waals surface area contributed by atoms with Crippen molar-refractivity contribution < 1.29 is 28.6 Å². The molecule has 9 heteroatoms. The fourth-order valence-corrected chi connectivity index (χ4v) is 2.44. The fourth-order valence-electron chi connectivity index (χ4n) is 2.19. The van der Waals surface area contributed by atoms with Crippen LogP contribution in [0.25, 0.3) is 0 Å². The Kier molecular flexibility index (Phi) is 6.36. The molecule has 0 spiro atoms. The molecular formula is C18H16ClFN2O5. The van der Waals surface area contributed by atoms with E-state index in [0.717, 1.165) is 6.07 Å². The van der Waals surface area contributed by atoms with Gasteiger partial charge in [-0.05, 0) is 37.3 Å². The summed E-state index contributed by atoms with van der Waals surface area (Å²) in [5.74, 6) is -3.82. The van der Waals surface area contributed by atoms with Crippen LogP contribution in [0.4, 0.5) is 4.39 Å². The van der Waals surface area contributed by atoms with E-state index in [4.69, 9.17) is 16.3 Å².